The maximum absolute atomic E-state index is 11.2. The first-order valence-corrected chi connectivity index (χ1v) is 10.6. The highest BCUT2D eigenvalue weighted by molar-refractivity contribution is 7.88. The Kier molecular flexibility index (Phi) is 4.42. The summed E-state index contributed by atoms with van der Waals surface area (Å²) in [7, 11) is -3.20. The van der Waals surface area contributed by atoms with Gasteiger partial charge in [-0.15, -0.1) is 0 Å². The van der Waals surface area contributed by atoms with E-state index in [0.717, 1.165) is 52.6 Å². The minimum absolute atomic E-state index is 0.282. The molecule has 1 aliphatic carbocycles. The molecule has 1 fully saturated rings. The molecule has 26 heavy (non-hydrogen) atoms. The van der Waals surface area contributed by atoms with E-state index >= 15 is 0 Å². The van der Waals surface area contributed by atoms with Crippen LogP contribution in [0.1, 0.15) is 24.8 Å². The monoisotopic (exact) mass is 371 g/mol. The van der Waals surface area contributed by atoms with Gasteiger partial charge in [-0.2, -0.15) is 0 Å². The number of H-pyrrole nitrogens is 1. The molecule has 136 valence electrons. The lowest BCUT2D eigenvalue weighted by molar-refractivity contribution is 0.122. The summed E-state index contributed by atoms with van der Waals surface area (Å²) in [6, 6.07) is 9.75. The van der Waals surface area contributed by atoms with Crippen molar-refractivity contribution >= 4 is 21.1 Å². The number of aromatic amines is 1. The van der Waals surface area contributed by atoms with Crippen molar-refractivity contribution in [2.24, 2.45) is 0 Å². The number of aromatic nitrogens is 2. The van der Waals surface area contributed by atoms with Crippen LogP contribution >= 0.6 is 0 Å². The molecule has 0 amide bonds. The number of hydrogen-bond donors (Lipinski definition) is 2. The van der Waals surface area contributed by atoms with E-state index < -0.39 is 10.0 Å². The minimum atomic E-state index is -3.20. The molecule has 0 unspecified atom stereocenters. The van der Waals surface area contributed by atoms with Crippen molar-refractivity contribution < 1.29 is 13.2 Å². The summed E-state index contributed by atoms with van der Waals surface area (Å²) in [5.41, 5.74) is 3.78. The van der Waals surface area contributed by atoms with Gasteiger partial charge in [0.05, 0.1) is 17.7 Å². The molecule has 2 heterocycles. The molecule has 0 saturated heterocycles. The van der Waals surface area contributed by atoms with Crippen molar-refractivity contribution in [2.45, 2.75) is 31.9 Å². The Morgan fingerprint density at radius 2 is 2.00 bits per heavy atom. The molecule has 1 aromatic carbocycles. The fraction of sp³-hybridized carbons (Fsp3) is 0.316. The molecule has 0 radical (unpaired) electrons. The van der Waals surface area contributed by atoms with Crippen molar-refractivity contribution in [1.82, 2.24) is 14.7 Å². The Morgan fingerprint density at radius 3 is 2.65 bits per heavy atom. The van der Waals surface area contributed by atoms with Gasteiger partial charge in [0.15, 0.2) is 0 Å². The second-order valence-electron chi connectivity index (χ2n) is 6.70. The zero-order valence-electron chi connectivity index (χ0n) is 14.5. The Morgan fingerprint density at radius 1 is 1.23 bits per heavy atom. The van der Waals surface area contributed by atoms with Gasteiger partial charge in [-0.3, -0.25) is 0 Å². The molecular weight excluding hydrogens is 350 g/mol. The van der Waals surface area contributed by atoms with Gasteiger partial charge in [-0.05, 0) is 36.5 Å². The third-order valence-electron chi connectivity index (χ3n) is 4.68. The number of nitrogens with one attached hydrogen (secondary N) is 2. The average Bonchev–Trinajstić information content (AvgIpc) is 3.01. The number of benzene rings is 1. The van der Waals surface area contributed by atoms with Crippen molar-refractivity contribution in [2.75, 3.05) is 6.26 Å². The minimum Gasteiger partial charge on any atom is -0.490 e. The summed E-state index contributed by atoms with van der Waals surface area (Å²) in [5.74, 6) is 0.860. The Bertz CT molecular complexity index is 1020. The highest BCUT2D eigenvalue weighted by Crippen LogP contribution is 2.36. The second-order valence-corrected chi connectivity index (χ2v) is 8.53. The molecule has 1 saturated carbocycles. The number of rotatable bonds is 6. The summed E-state index contributed by atoms with van der Waals surface area (Å²) in [4.78, 5) is 7.61. The van der Waals surface area contributed by atoms with Crippen LogP contribution in [0.25, 0.3) is 22.2 Å². The highest BCUT2D eigenvalue weighted by atomic mass is 32.2. The molecule has 3 aromatic rings. The van der Waals surface area contributed by atoms with Gasteiger partial charge in [-0.25, -0.2) is 18.1 Å². The lowest BCUT2D eigenvalue weighted by Crippen LogP contribution is -2.24. The maximum atomic E-state index is 11.2. The number of fused-ring (bicyclic) bond motifs is 1. The van der Waals surface area contributed by atoms with Gasteiger partial charge >= 0.3 is 0 Å². The third-order valence-corrected chi connectivity index (χ3v) is 5.35. The number of pyridine rings is 1. The van der Waals surface area contributed by atoms with Gasteiger partial charge in [-0.1, -0.05) is 24.3 Å². The number of hydrogen-bond acceptors (Lipinski definition) is 4. The first-order valence-electron chi connectivity index (χ1n) is 8.66. The number of nitrogens with zero attached hydrogens (tertiary/aromatic N) is 1. The lowest BCUT2D eigenvalue weighted by atomic mass is 9.96. The summed E-state index contributed by atoms with van der Waals surface area (Å²) >= 11 is 0. The van der Waals surface area contributed by atoms with Gasteiger partial charge in [0.25, 0.3) is 0 Å². The summed E-state index contributed by atoms with van der Waals surface area (Å²) < 4.78 is 31.1. The number of sulfonamides is 1. The number of ether oxygens (including phenoxy) is 1. The predicted molar refractivity (Wildman–Crippen MR) is 101 cm³/mol. The van der Waals surface area contributed by atoms with E-state index in [4.69, 9.17) is 4.74 Å². The third kappa shape index (κ3) is 3.59. The van der Waals surface area contributed by atoms with Gasteiger partial charge in [0.2, 0.25) is 10.0 Å². The fourth-order valence-corrected chi connectivity index (χ4v) is 3.47. The second kappa shape index (κ2) is 6.74. The van der Waals surface area contributed by atoms with E-state index in [1.54, 1.807) is 6.20 Å². The van der Waals surface area contributed by atoms with E-state index in [-0.39, 0.29) is 6.54 Å². The lowest BCUT2D eigenvalue weighted by Gasteiger charge is -2.26. The molecule has 0 aliphatic heterocycles. The Labute approximate surface area is 152 Å². The first kappa shape index (κ1) is 17.1. The Balaban J connectivity index is 1.63. The molecule has 7 heteroatoms. The van der Waals surface area contributed by atoms with Crippen LogP contribution in [0.15, 0.2) is 42.7 Å². The summed E-state index contributed by atoms with van der Waals surface area (Å²) in [5, 5.41) is 0.987. The topological polar surface area (TPSA) is 84.1 Å². The van der Waals surface area contributed by atoms with Crippen LogP contribution in [0.4, 0.5) is 0 Å². The smallest absolute Gasteiger partial charge is 0.209 e. The van der Waals surface area contributed by atoms with E-state index in [2.05, 4.69) is 14.7 Å². The zero-order chi connectivity index (χ0) is 18.1. The van der Waals surface area contributed by atoms with Crippen molar-refractivity contribution in [3.63, 3.8) is 0 Å². The van der Waals surface area contributed by atoms with Crippen LogP contribution in [0.5, 0.6) is 5.75 Å². The van der Waals surface area contributed by atoms with E-state index in [9.17, 15) is 8.42 Å². The molecule has 4 rings (SSSR count). The van der Waals surface area contributed by atoms with Crippen LogP contribution in [0.3, 0.4) is 0 Å². The maximum Gasteiger partial charge on any atom is 0.209 e. The molecule has 6 nitrogen and oxygen atoms in total. The molecule has 2 N–H and O–H groups in total. The quantitative estimate of drug-likeness (QED) is 0.697. The molecular formula is C19H21N3O3S. The fourth-order valence-electron chi connectivity index (χ4n) is 3.04. The van der Waals surface area contributed by atoms with Crippen molar-refractivity contribution in [3.05, 3.63) is 48.3 Å². The van der Waals surface area contributed by atoms with E-state index in [0.29, 0.717) is 6.10 Å². The van der Waals surface area contributed by atoms with Crippen LogP contribution in [0, 0.1) is 0 Å². The molecule has 0 atom stereocenters. The first-order chi connectivity index (χ1) is 12.5. The zero-order valence-corrected chi connectivity index (χ0v) is 15.3. The standard InChI is InChI=1S/C19H21N3O3S/c1-26(23,24)22-11-13-5-7-14(8-6-13)16-12-21-19-18(16)17(9-10-20-19)25-15-3-2-4-15/h5-10,12,15,22H,2-4,11H2,1H3,(H,20,21). The molecule has 0 bridgehead atoms. The van der Waals surface area contributed by atoms with E-state index in [1.165, 1.54) is 6.42 Å². The SMILES string of the molecule is CS(=O)(=O)NCc1ccc(-c2c[nH]c3nccc(OC4CCC4)c23)cc1. The van der Waals surface area contributed by atoms with Crippen LogP contribution in [-0.2, 0) is 16.6 Å². The average molecular weight is 371 g/mol. The van der Waals surface area contributed by atoms with Crippen molar-refractivity contribution in [1.29, 1.82) is 0 Å². The largest absolute Gasteiger partial charge is 0.490 e. The van der Waals surface area contributed by atoms with E-state index in [1.807, 2.05) is 36.5 Å². The van der Waals surface area contributed by atoms with Crippen LogP contribution in [-0.4, -0.2) is 30.7 Å². The molecule has 1 aliphatic rings. The molecule has 2 aromatic heterocycles. The normalized spacial score (nSPS) is 15.1. The van der Waals surface area contributed by atoms with Crippen molar-refractivity contribution in [3.8, 4) is 16.9 Å². The van der Waals surface area contributed by atoms with Gasteiger partial charge in [0.1, 0.15) is 11.4 Å². The van der Waals surface area contributed by atoms with Crippen LogP contribution in [0.2, 0.25) is 0 Å². The molecule has 0 spiro atoms. The van der Waals surface area contributed by atoms with Gasteiger partial charge in [0, 0.05) is 24.5 Å². The Hall–Kier alpha value is -2.38. The van der Waals surface area contributed by atoms with Gasteiger partial charge < -0.3 is 9.72 Å². The predicted octanol–water partition coefficient (Wildman–Crippen LogP) is 3.21. The van der Waals surface area contributed by atoms with Crippen LogP contribution < -0.4 is 9.46 Å². The highest BCUT2D eigenvalue weighted by Gasteiger charge is 2.21. The summed E-state index contributed by atoms with van der Waals surface area (Å²) in [6.45, 7) is 0.282. The summed E-state index contributed by atoms with van der Waals surface area (Å²) in [6.07, 6.45) is 8.59.